The molecule has 1 atom stereocenters. The van der Waals surface area contributed by atoms with Crippen molar-refractivity contribution in [3.63, 3.8) is 0 Å². The van der Waals surface area contributed by atoms with E-state index in [1.807, 2.05) is 19.1 Å². The second-order valence-electron chi connectivity index (χ2n) is 7.59. The van der Waals surface area contributed by atoms with Crippen molar-refractivity contribution in [3.8, 4) is 5.75 Å². The van der Waals surface area contributed by atoms with Gasteiger partial charge in [0, 0.05) is 10.0 Å². The number of nitrogens with zero attached hydrogens (tertiary/aromatic N) is 2. The lowest BCUT2D eigenvalue weighted by Gasteiger charge is -2.24. The number of aromatic nitrogens is 1. The second-order valence-corrected chi connectivity index (χ2v) is 10.4. The number of esters is 1. The highest BCUT2D eigenvalue weighted by atomic mass is 79.9. The average molecular weight is 624 g/mol. The molecule has 0 radical (unpaired) electrons. The van der Waals surface area contributed by atoms with Crippen LogP contribution in [0.5, 0.6) is 5.75 Å². The fourth-order valence-electron chi connectivity index (χ4n) is 3.88. The number of thiazole rings is 1. The van der Waals surface area contributed by atoms with E-state index in [1.165, 1.54) is 28.0 Å². The van der Waals surface area contributed by atoms with Crippen molar-refractivity contribution in [2.45, 2.75) is 26.8 Å². The van der Waals surface area contributed by atoms with Crippen molar-refractivity contribution >= 4 is 55.2 Å². The van der Waals surface area contributed by atoms with Gasteiger partial charge >= 0.3 is 5.97 Å². The summed E-state index contributed by atoms with van der Waals surface area (Å²) in [5.74, 6) is -0.366. The van der Waals surface area contributed by atoms with Gasteiger partial charge in [0.05, 0.1) is 39.5 Å². The SMILES string of the molecule is CCOC(=O)C1=C(C)N=c2s/c(=C\c3cc(Br)cc(Br)c3OCC)c(=O)n2[C@@H]1c1ccc(F)cc1. The molecular formula is C25H21Br2FN2O4S. The zero-order valence-corrected chi connectivity index (χ0v) is 23.1. The summed E-state index contributed by atoms with van der Waals surface area (Å²) in [6, 6.07) is 8.66. The van der Waals surface area contributed by atoms with Gasteiger partial charge in [-0.1, -0.05) is 39.4 Å². The summed E-state index contributed by atoms with van der Waals surface area (Å²) in [6.07, 6.45) is 1.75. The minimum absolute atomic E-state index is 0.175. The van der Waals surface area contributed by atoms with Gasteiger partial charge in [-0.15, -0.1) is 0 Å². The number of carbonyl (C=O) groups is 1. The van der Waals surface area contributed by atoms with E-state index in [0.717, 1.165) is 8.95 Å². The fourth-order valence-corrected chi connectivity index (χ4v) is 6.29. The zero-order chi connectivity index (χ0) is 25.3. The fraction of sp³-hybridized carbons (Fsp3) is 0.240. The number of hydrogen-bond donors (Lipinski definition) is 0. The molecule has 4 rings (SSSR count). The number of ether oxygens (including phenoxy) is 2. The van der Waals surface area contributed by atoms with Gasteiger partial charge in [-0.3, -0.25) is 9.36 Å². The van der Waals surface area contributed by atoms with Crippen LogP contribution in [0, 0.1) is 5.82 Å². The molecule has 0 amide bonds. The Morgan fingerprint density at radius 1 is 1.20 bits per heavy atom. The summed E-state index contributed by atoms with van der Waals surface area (Å²) in [4.78, 5) is 31.6. The van der Waals surface area contributed by atoms with Crippen molar-refractivity contribution in [3.05, 3.63) is 93.2 Å². The Kier molecular flexibility index (Phi) is 7.73. The first-order chi connectivity index (χ1) is 16.7. The van der Waals surface area contributed by atoms with Gasteiger partial charge in [0.25, 0.3) is 5.56 Å². The molecule has 2 aromatic carbocycles. The quantitative estimate of drug-likeness (QED) is 0.368. The molecule has 35 heavy (non-hydrogen) atoms. The maximum Gasteiger partial charge on any atom is 0.338 e. The molecule has 1 aliphatic rings. The normalized spacial score (nSPS) is 15.6. The molecule has 1 aliphatic heterocycles. The molecule has 0 bridgehead atoms. The minimum atomic E-state index is -0.798. The largest absolute Gasteiger partial charge is 0.492 e. The number of halogens is 3. The Bertz CT molecular complexity index is 1510. The van der Waals surface area contributed by atoms with Crippen molar-refractivity contribution in [2.75, 3.05) is 13.2 Å². The molecule has 0 saturated carbocycles. The Hall–Kier alpha value is -2.56. The number of benzene rings is 2. The van der Waals surface area contributed by atoms with E-state index in [9.17, 15) is 14.0 Å². The molecule has 1 aromatic heterocycles. The lowest BCUT2D eigenvalue weighted by Crippen LogP contribution is -2.39. The third-order valence-electron chi connectivity index (χ3n) is 5.32. The highest BCUT2D eigenvalue weighted by molar-refractivity contribution is 9.11. The van der Waals surface area contributed by atoms with Crippen molar-refractivity contribution in [2.24, 2.45) is 4.99 Å². The van der Waals surface area contributed by atoms with E-state index >= 15 is 0 Å². The third-order valence-corrected chi connectivity index (χ3v) is 7.34. The van der Waals surface area contributed by atoms with E-state index in [-0.39, 0.29) is 17.7 Å². The molecule has 182 valence electrons. The van der Waals surface area contributed by atoms with Crippen molar-refractivity contribution in [1.29, 1.82) is 0 Å². The van der Waals surface area contributed by atoms with E-state index in [0.29, 0.717) is 38.5 Å². The standard InChI is InChI=1S/C25H21Br2FN2O4S/c1-4-33-22-15(10-16(26)12-18(22)27)11-19-23(31)30-21(14-6-8-17(28)9-7-14)20(24(32)34-5-2)13(3)29-25(30)35-19/h6-12,21H,4-5H2,1-3H3/b19-11-/t21-/m1/s1. The zero-order valence-electron chi connectivity index (χ0n) is 19.1. The van der Waals surface area contributed by atoms with E-state index in [4.69, 9.17) is 9.47 Å². The summed E-state index contributed by atoms with van der Waals surface area (Å²) in [7, 11) is 0. The molecule has 0 N–H and O–H groups in total. The summed E-state index contributed by atoms with van der Waals surface area (Å²) in [6.45, 7) is 5.93. The van der Waals surface area contributed by atoms with Crippen LogP contribution in [-0.2, 0) is 9.53 Å². The smallest absolute Gasteiger partial charge is 0.338 e. The summed E-state index contributed by atoms with van der Waals surface area (Å²) in [5.41, 5.74) is 1.66. The van der Waals surface area contributed by atoms with Gasteiger partial charge in [-0.05, 0) is 72.6 Å². The first-order valence-electron chi connectivity index (χ1n) is 10.8. The number of carbonyl (C=O) groups excluding carboxylic acids is 1. The highest BCUT2D eigenvalue weighted by Gasteiger charge is 2.33. The number of allylic oxidation sites excluding steroid dienone is 1. The topological polar surface area (TPSA) is 69.9 Å². The van der Waals surface area contributed by atoms with Crippen LogP contribution in [0.1, 0.15) is 37.9 Å². The predicted molar refractivity (Wildman–Crippen MR) is 140 cm³/mol. The van der Waals surface area contributed by atoms with Crippen molar-refractivity contribution < 1.29 is 18.7 Å². The molecular weight excluding hydrogens is 603 g/mol. The Morgan fingerprint density at radius 3 is 2.57 bits per heavy atom. The van der Waals surface area contributed by atoms with Crippen LogP contribution in [0.4, 0.5) is 4.39 Å². The Labute approximate surface area is 221 Å². The lowest BCUT2D eigenvalue weighted by atomic mass is 9.96. The summed E-state index contributed by atoms with van der Waals surface area (Å²) >= 11 is 8.21. The number of rotatable bonds is 6. The molecule has 6 nitrogen and oxygen atoms in total. The molecule has 0 saturated heterocycles. The Balaban J connectivity index is 1.97. The molecule has 3 aromatic rings. The number of hydrogen-bond acceptors (Lipinski definition) is 6. The highest BCUT2D eigenvalue weighted by Crippen LogP contribution is 2.34. The van der Waals surface area contributed by atoms with Crippen LogP contribution in [0.3, 0.4) is 0 Å². The number of fused-ring (bicyclic) bond motifs is 1. The van der Waals surface area contributed by atoms with E-state index in [2.05, 4.69) is 36.9 Å². The predicted octanol–water partition coefficient (Wildman–Crippen LogP) is 4.86. The molecule has 0 unspecified atom stereocenters. The van der Waals surface area contributed by atoms with Crippen LogP contribution in [0.25, 0.3) is 6.08 Å². The van der Waals surface area contributed by atoms with E-state index < -0.39 is 17.8 Å². The first-order valence-corrected chi connectivity index (χ1v) is 13.2. The van der Waals surface area contributed by atoms with Crippen molar-refractivity contribution in [1.82, 2.24) is 4.57 Å². The van der Waals surface area contributed by atoms with Crippen LogP contribution in [-0.4, -0.2) is 23.8 Å². The van der Waals surface area contributed by atoms with Crippen LogP contribution >= 0.6 is 43.2 Å². The third kappa shape index (κ3) is 5.05. The van der Waals surface area contributed by atoms with Gasteiger partial charge in [0.15, 0.2) is 4.80 Å². The average Bonchev–Trinajstić information content (AvgIpc) is 3.10. The summed E-state index contributed by atoms with van der Waals surface area (Å²) in [5, 5.41) is 0. The Morgan fingerprint density at radius 2 is 1.91 bits per heavy atom. The van der Waals surface area contributed by atoms with Crippen LogP contribution < -0.4 is 19.6 Å². The monoisotopic (exact) mass is 622 g/mol. The second kappa shape index (κ2) is 10.6. The van der Waals surface area contributed by atoms with Gasteiger partial charge in [-0.25, -0.2) is 14.2 Å². The van der Waals surface area contributed by atoms with Gasteiger partial charge < -0.3 is 9.47 Å². The first kappa shape index (κ1) is 25.5. The minimum Gasteiger partial charge on any atom is -0.492 e. The van der Waals surface area contributed by atoms with Crippen LogP contribution in [0.15, 0.2) is 66.4 Å². The van der Waals surface area contributed by atoms with Crippen LogP contribution in [0.2, 0.25) is 0 Å². The molecule has 0 aliphatic carbocycles. The maximum absolute atomic E-state index is 13.7. The lowest BCUT2D eigenvalue weighted by molar-refractivity contribution is -0.139. The summed E-state index contributed by atoms with van der Waals surface area (Å²) < 4.78 is 28.2. The maximum atomic E-state index is 13.7. The van der Waals surface area contributed by atoms with Gasteiger partial charge in [-0.2, -0.15) is 0 Å². The molecule has 0 spiro atoms. The molecule has 2 heterocycles. The van der Waals surface area contributed by atoms with Gasteiger partial charge in [0.2, 0.25) is 0 Å². The molecule has 10 heteroatoms. The van der Waals surface area contributed by atoms with Gasteiger partial charge in [0.1, 0.15) is 11.6 Å². The molecule has 0 fully saturated rings. The van der Waals surface area contributed by atoms with E-state index in [1.54, 1.807) is 32.1 Å².